The van der Waals surface area contributed by atoms with Gasteiger partial charge in [0.05, 0.1) is 4.99 Å². The van der Waals surface area contributed by atoms with E-state index < -0.39 is 0 Å². The summed E-state index contributed by atoms with van der Waals surface area (Å²) in [6.45, 7) is 7.22. The number of anilines is 1. The number of halogens is 1. The van der Waals surface area contributed by atoms with Crippen LogP contribution in [0.2, 0.25) is 5.02 Å². The third kappa shape index (κ3) is 4.06. The van der Waals surface area contributed by atoms with Crippen molar-refractivity contribution in [2.45, 2.75) is 6.92 Å². The first kappa shape index (κ1) is 14.6. The van der Waals surface area contributed by atoms with Gasteiger partial charge >= 0.3 is 0 Å². The molecule has 1 saturated heterocycles. The van der Waals surface area contributed by atoms with Gasteiger partial charge in [0.2, 0.25) is 0 Å². The van der Waals surface area contributed by atoms with E-state index in [1.54, 1.807) is 0 Å². The molecular weight excluding hydrogens is 278 g/mol. The van der Waals surface area contributed by atoms with Gasteiger partial charge in [-0.05, 0) is 24.3 Å². The van der Waals surface area contributed by atoms with Crippen molar-refractivity contribution in [3.05, 3.63) is 29.3 Å². The number of thiocarbonyl (C=S) groups is 1. The molecule has 0 saturated carbocycles. The molecule has 0 aliphatic carbocycles. The Kier molecular flexibility index (Phi) is 5.02. The molecular formula is C14H20ClN3S. The van der Waals surface area contributed by atoms with Crippen molar-refractivity contribution in [2.24, 2.45) is 11.7 Å². The van der Waals surface area contributed by atoms with Crippen LogP contribution in [-0.4, -0.2) is 42.6 Å². The molecule has 1 unspecified atom stereocenters. The molecule has 2 rings (SSSR count). The fourth-order valence-corrected chi connectivity index (χ4v) is 2.52. The standard InChI is InChI=1S/C14H20ClN3S/c1-11(14(16)19)10-17-6-8-18(9-7-17)13-4-2-12(15)3-5-13/h2-5,11H,6-10H2,1H3,(H2,16,19). The van der Waals surface area contributed by atoms with Crippen LogP contribution in [-0.2, 0) is 0 Å². The quantitative estimate of drug-likeness (QED) is 0.865. The summed E-state index contributed by atoms with van der Waals surface area (Å²) >= 11 is 10.9. The van der Waals surface area contributed by atoms with Gasteiger partial charge in [-0.25, -0.2) is 0 Å². The highest BCUT2D eigenvalue weighted by Crippen LogP contribution is 2.19. The summed E-state index contributed by atoms with van der Waals surface area (Å²) in [6, 6.07) is 8.04. The molecule has 1 atom stereocenters. The zero-order valence-corrected chi connectivity index (χ0v) is 12.8. The fraction of sp³-hybridized carbons (Fsp3) is 0.500. The first-order valence-corrected chi connectivity index (χ1v) is 7.37. The normalized spacial score (nSPS) is 18.3. The first-order valence-electron chi connectivity index (χ1n) is 6.58. The third-order valence-electron chi connectivity index (χ3n) is 3.58. The number of nitrogens with two attached hydrogens (primary N) is 1. The number of nitrogens with zero attached hydrogens (tertiary/aromatic N) is 2. The van der Waals surface area contributed by atoms with E-state index in [4.69, 9.17) is 29.6 Å². The molecule has 1 aromatic carbocycles. The van der Waals surface area contributed by atoms with E-state index in [1.807, 2.05) is 12.1 Å². The first-order chi connectivity index (χ1) is 9.06. The molecule has 1 fully saturated rings. The van der Waals surface area contributed by atoms with Crippen molar-refractivity contribution in [3.63, 3.8) is 0 Å². The Bertz CT molecular complexity index is 427. The van der Waals surface area contributed by atoms with E-state index >= 15 is 0 Å². The van der Waals surface area contributed by atoms with Gasteiger partial charge < -0.3 is 10.6 Å². The molecule has 0 aromatic heterocycles. The van der Waals surface area contributed by atoms with Crippen LogP contribution in [0, 0.1) is 5.92 Å². The van der Waals surface area contributed by atoms with Gasteiger partial charge in [-0.3, -0.25) is 4.90 Å². The van der Waals surface area contributed by atoms with Crippen LogP contribution >= 0.6 is 23.8 Å². The minimum absolute atomic E-state index is 0.289. The van der Waals surface area contributed by atoms with E-state index in [-0.39, 0.29) is 5.92 Å². The van der Waals surface area contributed by atoms with Crippen LogP contribution < -0.4 is 10.6 Å². The van der Waals surface area contributed by atoms with Gasteiger partial charge in [-0.1, -0.05) is 30.7 Å². The lowest BCUT2D eigenvalue weighted by molar-refractivity contribution is 0.244. The molecule has 0 bridgehead atoms. The summed E-state index contributed by atoms with van der Waals surface area (Å²) in [5.41, 5.74) is 6.91. The van der Waals surface area contributed by atoms with Crippen molar-refractivity contribution in [3.8, 4) is 0 Å². The molecule has 1 aromatic rings. The minimum Gasteiger partial charge on any atom is -0.393 e. The maximum atomic E-state index is 5.91. The summed E-state index contributed by atoms with van der Waals surface area (Å²) in [7, 11) is 0. The number of benzene rings is 1. The second kappa shape index (κ2) is 6.55. The van der Waals surface area contributed by atoms with Crippen molar-refractivity contribution in [1.29, 1.82) is 0 Å². The molecule has 1 aliphatic rings. The summed E-state index contributed by atoms with van der Waals surface area (Å²) in [4.78, 5) is 5.43. The number of rotatable bonds is 4. The number of piperazine rings is 1. The topological polar surface area (TPSA) is 32.5 Å². The van der Waals surface area contributed by atoms with Crippen LogP contribution in [0.1, 0.15) is 6.92 Å². The molecule has 104 valence electrons. The van der Waals surface area contributed by atoms with Crippen molar-refractivity contribution in [1.82, 2.24) is 4.90 Å². The van der Waals surface area contributed by atoms with Gasteiger partial charge in [0.1, 0.15) is 0 Å². The molecule has 1 heterocycles. The molecule has 0 radical (unpaired) electrons. The van der Waals surface area contributed by atoms with E-state index in [0.717, 1.165) is 37.7 Å². The van der Waals surface area contributed by atoms with Crippen LogP contribution in [0.4, 0.5) is 5.69 Å². The second-order valence-electron chi connectivity index (χ2n) is 5.07. The molecule has 2 N–H and O–H groups in total. The van der Waals surface area contributed by atoms with Crippen LogP contribution in [0.25, 0.3) is 0 Å². The zero-order chi connectivity index (χ0) is 13.8. The molecule has 0 amide bonds. The summed E-state index contributed by atoms with van der Waals surface area (Å²) in [5.74, 6) is 0.289. The lowest BCUT2D eigenvalue weighted by Gasteiger charge is -2.37. The highest BCUT2D eigenvalue weighted by Gasteiger charge is 2.19. The average molecular weight is 298 g/mol. The Labute approximate surface area is 125 Å². The Morgan fingerprint density at radius 1 is 1.26 bits per heavy atom. The molecule has 0 spiro atoms. The van der Waals surface area contributed by atoms with Gasteiger partial charge in [-0.15, -0.1) is 0 Å². The SMILES string of the molecule is CC(CN1CCN(c2ccc(Cl)cc2)CC1)C(N)=S. The summed E-state index contributed by atoms with van der Waals surface area (Å²) in [5, 5.41) is 0.785. The van der Waals surface area contributed by atoms with Gasteiger partial charge in [0.25, 0.3) is 0 Å². The smallest absolute Gasteiger partial charge is 0.0768 e. The summed E-state index contributed by atoms with van der Waals surface area (Å²) in [6.07, 6.45) is 0. The fourth-order valence-electron chi connectivity index (χ4n) is 2.32. The van der Waals surface area contributed by atoms with Crippen LogP contribution in [0.15, 0.2) is 24.3 Å². The zero-order valence-electron chi connectivity index (χ0n) is 11.2. The lowest BCUT2D eigenvalue weighted by Crippen LogP contribution is -2.48. The van der Waals surface area contributed by atoms with Crippen molar-refractivity contribution in [2.75, 3.05) is 37.6 Å². The maximum Gasteiger partial charge on any atom is 0.0768 e. The minimum atomic E-state index is 0.289. The third-order valence-corrected chi connectivity index (χ3v) is 4.24. The van der Waals surface area contributed by atoms with Gasteiger partial charge in [0, 0.05) is 49.4 Å². The van der Waals surface area contributed by atoms with Crippen molar-refractivity contribution >= 4 is 34.5 Å². The van der Waals surface area contributed by atoms with Gasteiger partial charge in [-0.2, -0.15) is 0 Å². The van der Waals surface area contributed by atoms with Gasteiger partial charge in [0.15, 0.2) is 0 Å². The maximum absolute atomic E-state index is 5.91. The Morgan fingerprint density at radius 3 is 2.37 bits per heavy atom. The lowest BCUT2D eigenvalue weighted by atomic mass is 10.1. The van der Waals surface area contributed by atoms with E-state index in [2.05, 4.69) is 28.9 Å². The molecule has 19 heavy (non-hydrogen) atoms. The monoisotopic (exact) mass is 297 g/mol. The highest BCUT2D eigenvalue weighted by atomic mass is 35.5. The Hall–Kier alpha value is -0.840. The Balaban J connectivity index is 1.85. The molecule has 1 aliphatic heterocycles. The number of hydrogen-bond acceptors (Lipinski definition) is 3. The molecule has 3 nitrogen and oxygen atoms in total. The molecule has 5 heteroatoms. The predicted molar refractivity (Wildman–Crippen MR) is 86.1 cm³/mol. The number of hydrogen-bond donors (Lipinski definition) is 1. The second-order valence-corrected chi connectivity index (χ2v) is 5.98. The summed E-state index contributed by atoms with van der Waals surface area (Å²) < 4.78 is 0. The highest BCUT2D eigenvalue weighted by molar-refractivity contribution is 7.80. The predicted octanol–water partition coefficient (Wildman–Crippen LogP) is 2.38. The van der Waals surface area contributed by atoms with Crippen LogP contribution in [0.5, 0.6) is 0 Å². The van der Waals surface area contributed by atoms with E-state index in [1.165, 1.54) is 5.69 Å². The Morgan fingerprint density at radius 2 is 1.84 bits per heavy atom. The van der Waals surface area contributed by atoms with E-state index in [9.17, 15) is 0 Å². The average Bonchev–Trinajstić information content (AvgIpc) is 2.40. The van der Waals surface area contributed by atoms with Crippen molar-refractivity contribution < 1.29 is 0 Å². The van der Waals surface area contributed by atoms with E-state index in [0.29, 0.717) is 4.99 Å². The van der Waals surface area contributed by atoms with Crippen LogP contribution in [0.3, 0.4) is 0 Å². The largest absolute Gasteiger partial charge is 0.393 e.